The van der Waals surface area contributed by atoms with Gasteiger partial charge in [-0.1, -0.05) is 47.6 Å². The number of piperidine rings is 2. The number of aryl methyl sites for hydroxylation is 1. The molecule has 4 atom stereocenters. The Balaban J connectivity index is 1.20. The molecular weight excluding hydrogens is 574 g/mol. The summed E-state index contributed by atoms with van der Waals surface area (Å²) in [6, 6.07) is 14.8. The number of hydrogen-bond acceptors (Lipinski definition) is 6. The standard InChI is InChI=1S/C31H34ClN5O4S/c1-3-22(32)30(39)36-15-7-8-19(17-36)34-28(38)27-26-25-24(13-14-33-29(25)42-27)37(31(40)35-26)23-12-11-21(16-18(23)2)41-20-9-5-4-6-10-20/h3-6,9-12,16,19,24-25,29,33H,7-8,13-15,17H2,1-2H3,(H,34,38)(H,35,40)/b22-3-/t19-,24?,25?,29?/m1/s1. The molecule has 6 rings (SSSR count). The van der Waals surface area contributed by atoms with E-state index < -0.39 is 0 Å². The second-order valence-corrected chi connectivity index (χ2v) is 12.5. The number of carbonyl (C=O) groups is 3. The number of anilines is 1. The van der Waals surface area contributed by atoms with Crippen LogP contribution in [-0.4, -0.2) is 59.8 Å². The van der Waals surface area contributed by atoms with Gasteiger partial charge >= 0.3 is 6.03 Å². The van der Waals surface area contributed by atoms with Crippen molar-refractivity contribution in [2.24, 2.45) is 5.92 Å². The maximum absolute atomic E-state index is 13.7. The zero-order chi connectivity index (χ0) is 29.4. The van der Waals surface area contributed by atoms with Crippen LogP contribution in [0.25, 0.3) is 0 Å². The van der Waals surface area contributed by atoms with Gasteiger partial charge in [-0.05, 0) is 75.5 Å². The van der Waals surface area contributed by atoms with Crippen molar-refractivity contribution in [3.05, 3.63) is 75.8 Å². The Labute approximate surface area is 254 Å². The lowest BCUT2D eigenvalue weighted by Gasteiger charge is -2.46. The van der Waals surface area contributed by atoms with Crippen LogP contribution in [0.2, 0.25) is 0 Å². The van der Waals surface area contributed by atoms with Crippen molar-refractivity contribution in [3.63, 3.8) is 0 Å². The van der Waals surface area contributed by atoms with Crippen molar-refractivity contribution in [2.75, 3.05) is 24.5 Å². The first kappa shape index (κ1) is 28.6. The van der Waals surface area contributed by atoms with Crippen LogP contribution in [0.1, 0.15) is 31.7 Å². The summed E-state index contributed by atoms with van der Waals surface area (Å²) in [5, 5.41) is 9.91. The van der Waals surface area contributed by atoms with E-state index in [1.54, 1.807) is 17.9 Å². The van der Waals surface area contributed by atoms with E-state index in [2.05, 4.69) is 16.0 Å². The largest absolute Gasteiger partial charge is 0.457 e. The minimum atomic E-state index is -0.241. The summed E-state index contributed by atoms with van der Waals surface area (Å²) in [7, 11) is 0. The highest BCUT2D eigenvalue weighted by Crippen LogP contribution is 2.48. The van der Waals surface area contributed by atoms with Gasteiger partial charge in [0.1, 0.15) is 16.5 Å². The Hall–Kier alpha value is -3.47. The molecule has 3 unspecified atom stereocenters. The van der Waals surface area contributed by atoms with Crippen molar-refractivity contribution < 1.29 is 19.1 Å². The fourth-order valence-corrected chi connectivity index (χ4v) is 7.81. The summed E-state index contributed by atoms with van der Waals surface area (Å²) in [5.74, 6) is 0.964. The van der Waals surface area contributed by atoms with Gasteiger partial charge in [-0.15, -0.1) is 0 Å². The number of rotatable bonds is 6. The van der Waals surface area contributed by atoms with Crippen LogP contribution in [0.15, 0.2) is 70.2 Å². The minimum absolute atomic E-state index is 0.0264. The van der Waals surface area contributed by atoms with Crippen molar-refractivity contribution >= 4 is 46.9 Å². The first-order valence-electron chi connectivity index (χ1n) is 14.3. The molecule has 0 saturated carbocycles. The number of urea groups is 1. The average Bonchev–Trinajstić information content (AvgIpc) is 3.37. The second kappa shape index (κ2) is 12.0. The van der Waals surface area contributed by atoms with E-state index in [0.717, 1.165) is 42.8 Å². The quantitative estimate of drug-likeness (QED) is 0.407. The fraction of sp³-hybridized carbons (Fsp3) is 0.387. The molecule has 3 saturated heterocycles. The Kier molecular flexibility index (Phi) is 8.20. The SMILES string of the molecule is C/C=C(\Cl)C(=O)N1CCC[C@@H](NC(=O)C2=C3NC(=O)N(c4ccc(Oc5ccccc5)cc4C)C4CCNC(S2)C34)C1. The second-order valence-electron chi connectivity index (χ2n) is 11.0. The number of hydrogen-bond donors (Lipinski definition) is 3. The lowest BCUT2D eigenvalue weighted by atomic mass is 9.86. The predicted molar refractivity (Wildman–Crippen MR) is 164 cm³/mol. The van der Waals surface area contributed by atoms with Crippen LogP contribution in [0.3, 0.4) is 0 Å². The van der Waals surface area contributed by atoms with Crippen LogP contribution in [0.5, 0.6) is 11.5 Å². The molecule has 3 N–H and O–H groups in total. The van der Waals surface area contributed by atoms with E-state index in [1.165, 1.54) is 11.8 Å². The van der Waals surface area contributed by atoms with Gasteiger partial charge in [0, 0.05) is 36.4 Å². The summed E-state index contributed by atoms with van der Waals surface area (Å²) in [4.78, 5) is 43.9. The molecule has 3 fully saturated rings. The topological polar surface area (TPSA) is 103 Å². The van der Waals surface area contributed by atoms with Gasteiger partial charge in [-0.3, -0.25) is 14.5 Å². The van der Waals surface area contributed by atoms with Gasteiger partial charge in [0.05, 0.1) is 16.3 Å². The lowest BCUT2D eigenvalue weighted by Crippen LogP contribution is -2.62. The van der Waals surface area contributed by atoms with Gasteiger partial charge in [-0.25, -0.2) is 4.79 Å². The van der Waals surface area contributed by atoms with Crippen molar-refractivity contribution in [2.45, 2.75) is 50.6 Å². The summed E-state index contributed by atoms with van der Waals surface area (Å²) >= 11 is 7.54. The molecule has 9 nitrogen and oxygen atoms in total. The Morgan fingerprint density at radius 1 is 1.14 bits per heavy atom. The molecule has 2 aromatic rings. The van der Waals surface area contributed by atoms with Crippen molar-refractivity contribution in [1.29, 1.82) is 0 Å². The molecule has 2 aromatic carbocycles. The number of carbonyl (C=O) groups excluding carboxylic acids is 3. The molecule has 4 aliphatic heterocycles. The molecule has 42 heavy (non-hydrogen) atoms. The van der Waals surface area contributed by atoms with Crippen molar-refractivity contribution in [1.82, 2.24) is 20.9 Å². The lowest BCUT2D eigenvalue weighted by molar-refractivity contribution is -0.128. The minimum Gasteiger partial charge on any atom is -0.457 e. The normalized spacial score (nSPS) is 25.6. The third kappa shape index (κ3) is 5.50. The maximum Gasteiger partial charge on any atom is 0.326 e. The molecule has 0 radical (unpaired) electrons. The van der Waals surface area contributed by atoms with E-state index >= 15 is 0 Å². The van der Waals surface area contributed by atoms with E-state index in [-0.39, 0.29) is 46.3 Å². The highest BCUT2D eigenvalue weighted by molar-refractivity contribution is 8.04. The zero-order valence-corrected chi connectivity index (χ0v) is 25.1. The number of amides is 4. The summed E-state index contributed by atoms with van der Waals surface area (Å²) in [6.45, 7) is 5.46. The molecule has 0 aliphatic carbocycles. The van der Waals surface area contributed by atoms with E-state index in [0.29, 0.717) is 29.4 Å². The number of thioether (sulfide) groups is 1. The molecule has 11 heteroatoms. The van der Waals surface area contributed by atoms with Gasteiger partial charge in [0.15, 0.2) is 0 Å². The monoisotopic (exact) mass is 607 g/mol. The number of halogens is 1. The zero-order valence-electron chi connectivity index (χ0n) is 23.6. The molecule has 0 spiro atoms. The summed E-state index contributed by atoms with van der Waals surface area (Å²) in [5.41, 5.74) is 2.44. The third-order valence-electron chi connectivity index (χ3n) is 8.26. The predicted octanol–water partition coefficient (Wildman–Crippen LogP) is 4.83. The Morgan fingerprint density at radius 3 is 2.71 bits per heavy atom. The van der Waals surface area contributed by atoms with Gasteiger partial charge < -0.3 is 25.6 Å². The molecule has 220 valence electrons. The number of ether oxygens (including phenoxy) is 1. The molecule has 4 aliphatic rings. The number of likely N-dealkylation sites (tertiary alicyclic amines) is 1. The van der Waals surface area contributed by atoms with Gasteiger partial charge in [0.25, 0.3) is 11.8 Å². The van der Waals surface area contributed by atoms with E-state index in [9.17, 15) is 14.4 Å². The number of nitrogens with zero attached hydrogens (tertiary/aromatic N) is 2. The first-order chi connectivity index (χ1) is 20.3. The van der Waals surface area contributed by atoms with Crippen LogP contribution >= 0.6 is 23.4 Å². The van der Waals surface area contributed by atoms with Gasteiger partial charge in [-0.2, -0.15) is 0 Å². The van der Waals surface area contributed by atoms with Crippen molar-refractivity contribution in [3.8, 4) is 11.5 Å². The highest BCUT2D eigenvalue weighted by Gasteiger charge is 2.52. The summed E-state index contributed by atoms with van der Waals surface area (Å²) < 4.78 is 6.00. The van der Waals surface area contributed by atoms with Crippen LogP contribution in [0.4, 0.5) is 10.5 Å². The average molecular weight is 608 g/mol. The van der Waals surface area contributed by atoms with Crippen LogP contribution in [-0.2, 0) is 9.59 Å². The Bertz CT molecular complexity index is 1460. The number of benzene rings is 2. The van der Waals surface area contributed by atoms with Gasteiger partial charge in [0.2, 0.25) is 0 Å². The first-order valence-corrected chi connectivity index (χ1v) is 15.6. The molecule has 4 amide bonds. The van der Waals surface area contributed by atoms with E-state index in [1.807, 2.05) is 60.4 Å². The Morgan fingerprint density at radius 2 is 1.95 bits per heavy atom. The maximum atomic E-state index is 13.7. The smallest absolute Gasteiger partial charge is 0.326 e. The molecule has 0 aromatic heterocycles. The van der Waals surface area contributed by atoms with Crippen LogP contribution < -0.4 is 25.6 Å². The fourth-order valence-electron chi connectivity index (χ4n) is 6.29. The number of allylic oxidation sites excluding steroid dienone is 1. The van der Waals surface area contributed by atoms with E-state index in [4.69, 9.17) is 16.3 Å². The van der Waals surface area contributed by atoms with Crippen LogP contribution in [0, 0.1) is 12.8 Å². The summed E-state index contributed by atoms with van der Waals surface area (Å²) in [6.07, 6.45) is 3.90. The highest BCUT2D eigenvalue weighted by atomic mass is 35.5. The number of para-hydroxylation sites is 1. The molecule has 0 bridgehead atoms. The number of nitrogens with one attached hydrogen (secondary N) is 3. The third-order valence-corrected chi connectivity index (χ3v) is 9.99. The molecular formula is C31H34ClN5O4S. The molecule has 4 heterocycles.